The lowest BCUT2D eigenvalue weighted by Gasteiger charge is -2.17. The second kappa shape index (κ2) is 11.0. The summed E-state index contributed by atoms with van der Waals surface area (Å²) >= 11 is 0. The minimum atomic E-state index is -1.07. The number of carbonyl (C=O) groups excluding carboxylic acids is 1. The number of hydrogen-bond donors (Lipinski definition) is 1. The molecule has 2 rings (SSSR count). The lowest BCUT2D eigenvalue weighted by atomic mass is 10.1. The Morgan fingerprint density at radius 2 is 1.73 bits per heavy atom. The first kappa shape index (κ1) is 23.0. The fourth-order valence-electron chi connectivity index (χ4n) is 2.95. The molecule has 0 heterocycles. The maximum absolute atomic E-state index is 12.4. The van der Waals surface area contributed by atoms with Crippen LogP contribution in [0.2, 0.25) is 0 Å². The molecule has 0 saturated carbocycles. The van der Waals surface area contributed by atoms with Crippen LogP contribution in [0.15, 0.2) is 48.5 Å². The number of ether oxygens (including phenoxy) is 2. The summed E-state index contributed by atoms with van der Waals surface area (Å²) in [6.07, 6.45) is 1.58. The lowest BCUT2D eigenvalue weighted by Crippen LogP contribution is -2.28. The van der Waals surface area contributed by atoms with Crippen molar-refractivity contribution in [2.24, 2.45) is 0 Å². The number of carboxylic acids is 1. The average molecular weight is 411 g/mol. The highest BCUT2D eigenvalue weighted by Crippen LogP contribution is 2.32. The predicted molar refractivity (Wildman–Crippen MR) is 117 cm³/mol. The van der Waals surface area contributed by atoms with E-state index in [0.717, 1.165) is 22.3 Å². The topological polar surface area (TPSA) is 76.1 Å². The van der Waals surface area contributed by atoms with Crippen LogP contribution in [0.3, 0.4) is 0 Å². The maximum Gasteiger partial charge on any atom is 0.341 e. The van der Waals surface area contributed by atoms with Gasteiger partial charge in [0.2, 0.25) is 5.91 Å². The third kappa shape index (κ3) is 6.37. The standard InChI is InChI=1S/C24H29NO5/c1-5-25(6-2)23(26)13-18(4)19-11-12-21(22(14-19)30-16-24(27)28)29-15-20-10-8-7-9-17(20)3/h7-14H,5-6,15-16H2,1-4H3,(H,27,28). The monoisotopic (exact) mass is 411 g/mol. The summed E-state index contributed by atoms with van der Waals surface area (Å²) in [4.78, 5) is 25.1. The number of likely N-dealkylation sites (N-methyl/N-ethyl adjacent to an activating group) is 1. The number of carboxylic acid groups (broad SMARTS) is 1. The minimum absolute atomic E-state index is 0.0645. The third-order valence-corrected chi connectivity index (χ3v) is 4.81. The molecule has 0 aliphatic rings. The molecule has 0 spiro atoms. The second-order valence-electron chi connectivity index (χ2n) is 6.90. The van der Waals surface area contributed by atoms with Gasteiger partial charge < -0.3 is 19.5 Å². The molecule has 2 aromatic rings. The van der Waals surface area contributed by atoms with Gasteiger partial charge in [0.15, 0.2) is 18.1 Å². The molecule has 0 unspecified atom stereocenters. The number of amides is 1. The van der Waals surface area contributed by atoms with Crippen LogP contribution >= 0.6 is 0 Å². The predicted octanol–water partition coefficient (Wildman–Crippen LogP) is 4.31. The zero-order valence-electron chi connectivity index (χ0n) is 18.0. The van der Waals surface area contributed by atoms with Gasteiger partial charge in [0.05, 0.1) is 0 Å². The van der Waals surface area contributed by atoms with E-state index in [2.05, 4.69) is 0 Å². The van der Waals surface area contributed by atoms with Crippen LogP contribution in [-0.2, 0) is 16.2 Å². The molecule has 1 N–H and O–H groups in total. The SMILES string of the molecule is CCN(CC)C(=O)C=C(C)c1ccc(OCc2ccccc2C)c(OCC(=O)O)c1. The van der Waals surface area contributed by atoms with Crippen molar-refractivity contribution in [3.63, 3.8) is 0 Å². The normalized spacial score (nSPS) is 11.1. The van der Waals surface area contributed by atoms with Crippen molar-refractivity contribution in [2.75, 3.05) is 19.7 Å². The van der Waals surface area contributed by atoms with Crippen LogP contribution in [0.4, 0.5) is 0 Å². The molecular weight excluding hydrogens is 382 g/mol. The summed E-state index contributed by atoms with van der Waals surface area (Å²) in [5, 5.41) is 9.00. The van der Waals surface area contributed by atoms with Gasteiger partial charge in [0.25, 0.3) is 0 Å². The number of benzene rings is 2. The Morgan fingerprint density at radius 3 is 2.37 bits per heavy atom. The molecule has 0 aliphatic carbocycles. The Kier molecular flexibility index (Phi) is 8.47. The van der Waals surface area contributed by atoms with E-state index in [-0.39, 0.29) is 5.91 Å². The molecule has 0 atom stereocenters. The summed E-state index contributed by atoms with van der Waals surface area (Å²) in [5.74, 6) is -0.364. The number of nitrogens with zero attached hydrogens (tertiary/aromatic N) is 1. The molecule has 0 saturated heterocycles. The Labute approximate surface area is 177 Å². The van der Waals surface area contributed by atoms with Crippen LogP contribution < -0.4 is 9.47 Å². The van der Waals surface area contributed by atoms with Gasteiger partial charge in [-0.25, -0.2) is 4.79 Å². The molecule has 0 bridgehead atoms. The summed E-state index contributed by atoms with van der Waals surface area (Å²) in [5.41, 5.74) is 3.67. The van der Waals surface area contributed by atoms with Crippen molar-refractivity contribution in [1.29, 1.82) is 0 Å². The largest absolute Gasteiger partial charge is 0.485 e. The zero-order chi connectivity index (χ0) is 22.1. The number of aliphatic carboxylic acids is 1. The molecular formula is C24H29NO5. The van der Waals surface area contributed by atoms with Gasteiger partial charge >= 0.3 is 5.97 Å². The Morgan fingerprint density at radius 1 is 1.03 bits per heavy atom. The average Bonchev–Trinajstić information content (AvgIpc) is 2.72. The molecule has 1 amide bonds. The quantitative estimate of drug-likeness (QED) is 0.590. The zero-order valence-corrected chi connectivity index (χ0v) is 18.0. The van der Waals surface area contributed by atoms with Crippen molar-refractivity contribution < 1.29 is 24.2 Å². The van der Waals surface area contributed by atoms with Gasteiger partial charge in [-0.05, 0) is 62.1 Å². The number of hydrogen-bond acceptors (Lipinski definition) is 4. The van der Waals surface area contributed by atoms with Crippen LogP contribution in [0, 0.1) is 6.92 Å². The molecule has 6 heteroatoms. The minimum Gasteiger partial charge on any atom is -0.485 e. The highest BCUT2D eigenvalue weighted by molar-refractivity contribution is 5.95. The summed E-state index contributed by atoms with van der Waals surface area (Å²) in [6.45, 7) is 8.84. The summed E-state index contributed by atoms with van der Waals surface area (Å²) in [6, 6.07) is 13.2. The second-order valence-corrected chi connectivity index (χ2v) is 6.90. The fourth-order valence-corrected chi connectivity index (χ4v) is 2.95. The molecule has 0 aliphatic heterocycles. The van der Waals surface area contributed by atoms with E-state index < -0.39 is 12.6 Å². The van der Waals surface area contributed by atoms with E-state index in [1.165, 1.54) is 0 Å². The van der Waals surface area contributed by atoms with E-state index in [0.29, 0.717) is 31.2 Å². The smallest absolute Gasteiger partial charge is 0.341 e. The van der Waals surface area contributed by atoms with E-state index in [9.17, 15) is 9.59 Å². The van der Waals surface area contributed by atoms with Gasteiger partial charge in [-0.2, -0.15) is 0 Å². The van der Waals surface area contributed by atoms with E-state index >= 15 is 0 Å². The first-order valence-electron chi connectivity index (χ1n) is 9.99. The molecule has 30 heavy (non-hydrogen) atoms. The van der Waals surface area contributed by atoms with E-state index in [1.807, 2.05) is 58.0 Å². The van der Waals surface area contributed by atoms with Crippen molar-refractivity contribution in [1.82, 2.24) is 4.90 Å². The first-order chi connectivity index (χ1) is 14.3. The molecule has 0 radical (unpaired) electrons. The van der Waals surface area contributed by atoms with Crippen molar-refractivity contribution in [2.45, 2.75) is 34.3 Å². The van der Waals surface area contributed by atoms with Crippen LogP contribution in [0.1, 0.15) is 37.5 Å². The third-order valence-electron chi connectivity index (χ3n) is 4.81. The molecule has 0 fully saturated rings. The van der Waals surface area contributed by atoms with E-state index in [4.69, 9.17) is 14.6 Å². The Hall–Kier alpha value is -3.28. The van der Waals surface area contributed by atoms with Crippen LogP contribution in [0.5, 0.6) is 11.5 Å². The molecule has 0 aromatic heterocycles. The number of rotatable bonds is 10. The van der Waals surface area contributed by atoms with Gasteiger partial charge in [-0.15, -0.1) is 0 Å². The fraction of sp³-hybridized carbons (Fsp3) is 0.333. The number of aryl methyl sites for hydroxylation is 1. The summed E-state index contributed by atoms with van der Waals surface area (Å²) < 4.78 is 11.4. The number of carbonyl (C=O) groups is 2. The highest BCUT2D eigenvalue weighted by Gasteiger charge is 2.12. The van der Waals surface area contributed by atoms with E-state index in [1.54, 1.807) is 23.1 Å². The highest BCUT2D eigenvalue weighted by atomic mass is 16.5. The van der Waals surface area contributed by atoms with Crippen molar-refractivity contribution in [3.8, 4) is 11.5 Å². The van der Waals surface area contributed by atoms with Crippen molar-refractivity contribution >= 4 is 17.4 Å². The first-order valence-corrected chi connectivity index (χ1v) is 9.99. The maximum atomic E-state index is 12.4. The van der Waals surface area contributed by atoms with Crippen LogP contribution in [-0.4, -0.2) is 41.6 Å². The number of allylic oxidation sites excluding steroid dienone is 1. The van der Waals surface area contributed by atoms with Gasteiger partial charge in [0, 0.05) is 19.2 Å². The molecule has 6 nitrogen and oxygen atoms in total. The Bertz CT molecular complexity index is 916. The van der Waals surface area contributed by atoms with Gasteiger partial charge in [-0.3, -0.25) is 4.79 Å². The lowest BCUT2D eigenvalue weighted by molar-refractivity contribution is -0.139. The molecule has 160 valence electrons. The van der Waals surface area contributed by atoms with Crippen LogP contribution in [0.25, 0.3) is 5.57 Å². The van der Waals surface area contributed by atoms with Gasteiger partial charge in [-0.1, -0.05) is 30.3 Å². The summed E-state index contributed by atoms with van der Waals surface area (Å²) in [7, 11) is 0. The van der Waals surface area contributed by atoms with Gasteiger partial charge in [0.1, 0.15) is 6.61 Å². The van der Waals surface area contributed by atoms with Crippen molar-refractivity contribution in [3.05, 3.63) is 65.2 Å². The molecule has 2 aromatic carbocycles. The Balaban J connectivity index is 2.27.